The van der Waals surface area contributed by atoms with Gasteiger partial charge in [-0.05, 0) is 48.5 Å². The van der Waals surface area contributed by atoms with E-state index >= 15 is 0 Å². The molecule has 0 aliphatic carbocycles. The molecule has 8 nitrogen and oxygen atoms in total. The van der Waals surface area contributed by atoms with Gasteiger partial charge in [0.25, 0.3) is 0 Å². The van der Waals surface area contributed by atoms with Gasteiger partial charge in [0.1, 0.15) is 10.9 Å². The van der Waals surface area contributed by atoms with Gasteiger partial charge in [0.2, 0.25) is 10.0 Å². The molecule has 1 heterocycles. The fraction of sp³-hybridized carbons (Fsp3) is 0.278. The normalized spacial score (nSPS) is 23.0. The molecule has 0 amide bonds. The van der Waals surface area contributed by atoms with Crippen molar-refractivity contribution in [1.82, 2.24) is 4.31 Å². The fourth-order valence-corrected chi connectivity index (χ4v) is 6.94. The van der Waals surface area contributed by atoms with E-state index in [9.17, 15) is 21.9 Å². The molecule has 2 atom stereocenters. The van der Waals surface area contributed by atoms with E-state index in [1.807, 2.05) is 6.07 Å². The lowest BCUT2D eigenvalue weighted by Crippen LogP contribution is -2.51. The first-order valence-electron chi connectivity index (χ1n) is 8.47. The predicted molar refractivity (Wildman–Crippen MR) is 106 cm³/mol. The molecule has 0 radical (unpaired) electrons. The van der Waals surface area contributed by atoms with Crippen LogP contribution in [0.25, 0.3) is 0 Å². The highest BCUT2D eigenvalue weighted by Gasteiger charge is 2.54. The van der Waals surface area contributed by atoms with Crippen LogP contribution < -0.4 is 5.73 Å². The standard InChI is InChI=1S/C18H18ClN3O5S2/c19-14-3-7-15(8-4-14)28(24,25)17-10-22(12-18(17,23)11-21)29(26,27)16-5-1-13(9-20)2-6-16/h1-8,17,23H,10-12,21H2/t17-,18+/m0/s1. The number of nitrogens with zero attached hydrogens (tertiary/aromatic N) is 2. The fourth-order valence-electron chi connectivity index (χ4n) is 3.23. The number of halogens is 1. The van der Waals surface area contributed by atoms with Crippen molar-refractivity contribution in [2.75, 3.05) is 19.6 Å². The number of rotatable bonds is 5. The first-order chi connectivity index (χ1) is 13.5. The van der Waals surface area contributed by atoms with Gasteiger partial charge in [-0.2, -0.15) is 9.57 Å². The molecular formula is C18H18ClN3O5S2. The van der Waals surface area contributed by atoms with Crippen LogP contribution in [0.2, 0.25) is 5.02 Å². The quantitative estimate of drug-likeness (QED) is 0.677. The summed E-state index contributed by atoms with van der Waals surface area (Å²) in [4.78, 5) is -0.197. The highest BCUT2D eigenvalue weighted by molar-refractivity contribution is 7.92. The van der Waals surface area contributed by atoms with Crippen LogP contribution in [-0.4, -0.2) is 56.7 Å². The number of nitrogens with two attached hydrogens (primary N) is 1. The molecule has 0 aromatic heterocycles. The molecule has 154 valence electrons. The van der Waals surface area contributed by atoms with Gasteiger partial charge in [-0.1, -0.05) is 11.6 Å². The summed E-state index contributed by atoms with van der Waals surface area (Å²) in [5.74, 6) is 0. The second-order valence-electron chi connectivity index (χ2n) is 6.73. The van der Waals surface area contributed by atoms with E-state index in [-0.39, 0.29) is 15.4 Å². The second kappa shape index (κ2) is 7.68. The molecule has 0 saturated carbocycles. The Kier molecular flexibility index (Phi) is 5.75. The largest absolute Gasteiger partial charge is 0.386 e. The number of β-amino-alcohol motifs (C(OH)–C–C–N with tert-alkyl or cyclic N) is 1. The van der Waals surface area contributed by atoms with E-state index < -0.39 is 50.3 Å². The lowest BCUT2D eigenvalue weighted by atomic mass is 10.0. The summed E-state index contributed by atoms with van der Waals surface area (Å²) < 4.78 is 53.0. The lowest BCUT2D eigenvalue weighted by Gasteiger charge is -2.27. The van der Waals surface area contributed by atoms with Gasteiger partial charge in [0, 0.05) is 24.7 Å². The van der Waals surface area contributed by atoms with E-state index in [4.69, 9.17) is 22.6 Å². The Morgan fingerprint density at radius 3 is 2.17 bits per heavy atom. The number of hydrogen-bond acceptors (Lipinski definition) is 7. The molecule has 2 aromatic rings. The minimum Gasteiger partial charge on any atom is -0.386 e. The van der Waals surface area contributed by atoms with Crippen molar-refractivity contribution >= 4 is 31.5 Å². The van der Waals surface area contributed by atoms with Gasteiger partial charge in [-0.25, -0.2) is 16.8 Å². The molecule has 0 spiro atoms. The molecule has 1 fully saturated rings. The van der Waals surface area contributed by atoms with E-state index in [1.54, 1.807) is 0 Å². The van der Waals surface area contributed by atoms with Crippen molar-refractivity contribution in [3.63, 3.8) is 0 Å². The molecular weight excluding hydrogens is 438 g/mol. The first-order valence-corrected chi connectivity index (χ1v) is 11.8. The van der Waals surface area contributed by atoms with E-state index in [2.05, 4.69) is 0 Å². The Balaban J connectivity index is 1.99. The maximum absolute atomic E-state index is 13.1. The number of sulfone groups is 1. The Hall–Kier alpha value is -2.00. The van der Waals surface area contributed by atoms with Gasteiger partial charge in [-0.3, -0.25) is 0 Å². The summed E-state index contributed by atoms with van der Waals surface area (Å²) in [5, 5.41) is 18.6. The first kappa shape index (κ1) is 21.7. The van der Waals surface area contributed by atoms with Crippen LogP contribution in [0.5, 0.6) is 0 Å². The van der Waals surface area contributed by atoms with Crippen molar-refractivity contribution in [3.05, 3.63) is 59.1 Å². The van der Waals surface area contributed by atoms with Crippen LogP contribution in [-0.2, 0) is 19.9 Å². The summed E-state index contributed by atoms with van der Waals surface area (Å²) in [6.07, 6.45) is 0. The molecule has 11 heteroatoms. The topological polar surface area (TPSA) is 142 Å². The number of aliphatic hydroxyl groups is 1. The van der Waals surface area contributed by atoms with Crippen LogP contribution in [0.3, 0.4) is 0 Å². The van der Waals surface area contributed by atoms with Gasteiger partial charge in [0.05, 0.1) is 21.4 Å². The monoisotopic (exact) mass is 455 g/mol. The third-order valence-electron chi connectivity index (χ3n) is 4.91. The highest BCUT2D eigenvalue weighted by atomic mass is 35.5. The molecule has 0 unspecified atom stereocenters. The molecule has 29 heavy (non-hydrogen) atoms. The Morgan fingerprint density at radius 1 is 1.10 bits per heavy atom. The van der Waals surface area contributed by atoms with Crippen molar-refractivity contribution in [1.29, 1.82) is 5.26 Å². The molecule has 1 saturated heterocycles. The van der Waals surface area contributed by atoms with E-state index in [0.29, 0.717) is 5.02 Å². The highest BCUT2D eigenvalue weighted by Crippen LogP contribution is 2.34. The third kappa shape index (κ3) is 3.90. The van der Waals surface area contributed by atoms with Crippen molar-refractivity contribution in [3.8, 4) is 6.07 Å². The summed E-state index contributed by atoms with van der Waals surface area (Å²) >= 11 is 5.81. The zero-order chi connectivity index (χ0) is 21.4. The van der Waals surface area contributed by atoms with Crippen molar-refractivity contribution in [2.24, 2.45) is 5.73 Å². The van der Waals surface area contributed by atoms with Crippen molar-refractivity contribution < 1.29 is 21.9 Å². The number of nitriles is 1. The molecule has 3 rings (SSSR count). The maximum atomic E-state index is 13.1. The number of benzene rings is 2. The van der Waals surface area contributed by atoms with Crippen LogP contribution in [0, 0.1) is 11.3 Å². The van der Waals surface area contributed by atoms with Gasteiger partial charge >= 0.3 is 0 Å². The minimum absolute atomic E-state index is 0.0867. The molecule has 3 N–H and O–H groups in total. The number of sulfonamides is 1. The van der Waals surface area contributed by atoms with Crippen LogP contribution >= 0.6 is 11.6 Å². The maximum Gasteiger partial charge on any atom is 0.243 e. The third-order valence-corrected chi connectivity index (χ3v) is 9.25. The van der Waals surface area contributed by atoms with Crippen LogP contribution in [0.4, 0.5) is 0 Å². The minimum atomic E-state index is -4.10. The summed E-state index contributed by atoms with van der Waals surface area (Å²) in [5.41, 5.74) is 3.97. The Morgan fingerprint density at radius 2 is 1.66 bits per heavy atom. The van der Waals surface area contributed by atoms with Crippen LogP contribution in [0.15, 0.2) is 58.3 Å². The predicted octanol–water partition coefficient (Wildman–Crippen LogP) is 0.748. The number of hydrogen-bond donors (Lipinski definition) is 2. The van der Waals surface area contributed by atoms with Crippen molar-refractivity contribution in [2.45, 2.75) is 20.6 Å². The average molecular weight is 456 g/mol. The SMILES string of the molecule is N#Cc1ccc(S(=O)(=O)N2C[C@H](S(=O)(=O)c3ccc(Cl)cc3)[C@@](O)(CN)C2)cc1. The summed E-state index contributed by atoms with van der Waals surface area (Å²) in [7, 11) is -8.20. The molecule has 1 aliphatic rings. The molecule has 2 aromatic carbocycles. The van der Waals surface area contributed by atoms with E-state index in [1.165, 1.54) is 48.5 Å². The smallest absolute Gasteiger partial charge is 0.243 e. The zero-order valence-corrected chi connectivity index (χ0v) is 17.5. The lowest BCUT2D eigenvalue weighted by molar-refractivity contribution is 0.0676. The summed E-state index contributed by atoms with van der Waals surface area (Å²) in [6.45, 7) is -1.37. The molecule has 0 bridgehead atoms. The van der Waals surface area contributed by atoms with Crippen LogP contribution in [0.1, 0.15) is 5.56 Å². The second-order valence-corrected chi connectivity index (χ2v) is 11.2. The van der Waals surface area contributed by atoms with Gasteiger partial charge in [0.15, 0.2) is 9.84 Å². The summed E-state index contributed by atoms with van der Waals surface area (Å²) in [6, 6.07) is 12.5. The van der Waals surface area contributed by atoms with Gasteiger partial charge in [-0.15, -0.1) is 0 Å². The molecule has 1 aliphatic heterocycles. The van der Waals surface area contributed by atoms with Gasteiger partial charge < -0.3 is 10.8 Å². The average Bonchev–Trinajstić information content (AvgIpc) is 3.08. The zero-order valence-electron chi connectivity index (χ0n) is 15.1. The Bertz CT molecular complexity index is 1160. The van der Waals surface area contributed by atoms with E-state index in [0.717, 1.165) is 4.31 Å². The Labute approximate surface area is 174 Å².